The number of carbonyl (C=O) groups excluding carboxylic acids is 3. The Morgan fingerprint density at radius 3 is 2.84 bits per heavy atom. The second-order valence-electron chi connectivity index (χ2n) is 5.69. The van der Waals surface area contributed by atoms with Gasteiger partial charge in [0.25, 0.3) is 0 Å². The fraction of sp³-hybridized carbons (Fsp3) is 0.294. The SMILES string of the molecule is N=CC(=O)CC[C@@H](C=O)NC(=O)C(N)Cc1c[nH]c2c(F)cccc12. The van der Waals surface area contributed by atoms with E-state index in [2.05, 4.69) is 10.3 Å². The van der Waals surface area contributed by atoms with Crippen LogP contribution in [0.4, 0.5) is 4.39 Å². The van der Waals surface area contributed by atoms with E-state index in [1.807, 2.05) is 0 Å². The topological polar surface area (TPSA) is 129 Å². The molecule has 132 valence electrons. The van der Waals surface area contributed by atoms with Crippen molar-refractivity contribution >= 4 is 35.1 Å². The first-order chi connectivity index (χ1) is 12.0. The number of aldehydes is 1. The molecule has 1 amide bonds. The molecule has 8 heteroatoms. The van der Waals surface area contributed by atoms with E-state index in [1.165, 1.54) is 6.07 Å². The maximum Gasteiger partial charge on any atom is 0.237 e. The molecule has 0 saturated carbocycles. The van der Waals surface area contributed by atoms with Crippen LogP contribution in [0, 0.1) is 11.2 Å². The van der Waals surface area contributed by atoms with Crippen LogP contribution in [0.5, 0.6) is 0 Å². The molecule has 2 rings (SSSR count). The Balaban J connectivity index is 1.99. The van der Waals surface area contributed by atoms with Gasteiger partial charge in [-0.1, -0.05) is 12.1 Å². The highest BCUT2D eigenvalue weighted by Crippen LogP contribution is 2.21. The van der Waals surface area contributed by atoms with E-state index in [9.17, 15) is 18.8 Å². The van der Waals surface area contributed by atoms with Crippen LogP contribution in [0.25, 0.3) is 10.9 Å². The van der Waals surface area contributed by atoms with Crippen molar-refractivity contribution < 1.29 is 18.8 Å². The molecule has 0 saturated heterocycles. The number of aromatic amines is 1. The van der Waals surface area contributed by atoms with Crippen LogP contribution < -0.4 is 11.1 Å². The van der Waals surface area contributed by atoms with Gasteiger partial charge >= 0.3 is 0 Å². The van der Waals surface area contributed by atoms with Crippen LogP contribution >= 0.6 is 0 Å². The third-order valence-electron chi connectivity index (χ3n) is 3.88. The highest BCUT2D eigenvalue weighted by molar-refractivity contribution is 6.26. The van der Waals surface area contributed by atoms with Gasteiger partial charge < -0.3 is 26.2 Å². The van der Waals surface area contributed by atoms with Gasteiger partial charge in [-0.15, -0.1) is 0 Å². The number of para-hydroxylation sites is 1. The van der Waals surface area contributed by atoms with Crippen molar-refractivity contribution in [1.82, 2.24) is 10.3 Å². The molecule has 2 aromatic rings. The molecule has 0 spiro atoms. The van der Waals surface area contributed by atoms with Crippen molar-refractivity contribution in [1.29, 1.82) is 5.41 Å². The smallest absolute Gasteiger partial charge is 0.237 e. The molecule has 1 aromatic heterocycles. The van der Waals surface area contributed by atoms with Crippen LogP contribution in [-0.4, -0.2) is 41.3 Å². The Morgan fingerprint density at radius 2 is 2.16 bits per heavy atom. The number of carbonyl (C=O) groups is 3. The summed E-state index contributed by atoms with van der Waals surface area (Å²) < 4.78 is 13.7. The lowest BCUT2D eigenvalue weighted by atomic mass is 10.0. The number of H-pyrrole nitrogens is 1. The number of nitrogens with two attached hydrogens (primary N) is 1. The molecular weight excluding hydrogens is 327 g/mol. The number of hydrogen-bond acceptors (Lipinski definition) is 5. The van der Waals surface area contributed by atoms with E-state index in [0.29, 0.717) is 29.0 Å². The van der Waals surface area contributed by atoms with Crippen LogP contribution in [0.3, 0.4) is 0 Å². The summed E-state index contributed by atoms with van der Waals surface area (Å²) in [4.78, 5) is 37.1. The molecule has 1 heterocycles. The van der Waals surface area contributed by atoms with Gasteiger partial charge in [0.15, 0.2) is 5.78 Å². The van der Waals surface area contributed by atoms with Gasteiger partial charge in [-0.25, -0.2) is 4.39 Å². The molecule has 0 fully saturated rings. The largest absolute Gasteiger partial charge is 0.359 e. The average molecular weight is 346 g/mol. The minimum atomic E-state index is -0.928. The number of aromatic nitrogens is 1. The minimum Gasteiger partial charge on any atom is -0.359 e. The molecule has 2 atom stereocenters. The quantitative estimate of drug-likeness (QED) is 0.396. The van der Waals surface area contributed by atoms with Gasteiger partial charge in [0, 0.05) is 18.0 Å². The molecule has 7 nitrogen and oxygen atoms in total. The minimum absolute atomic E-state index is 0.00977. The molecule has 25 heavy (non-hydrogen) atoms. The number of nitrogens with one attached hydrogen (secondary N) is 3. The van der Waals surface area contributed by atoms with Crippen LogP contribution in [-0.2, 0) is 20.8 Å². The summed E-state index contributed by atoms with van der Waals surface area (Å²) in [7, 11) is 0. The zero-order valence-electron chi connectivity index (χ0n) is 13.4. The van der Waals surface area contributed by atoms with Gasteiger partial charge in [-0.2, -0.15) is 0 Å². The average Bonchev–Trinajstić information content (AvgIpc) is 3.02. The highest BCUT2D eigenvalue weighted by Gasteiger charge is 2.20. The van der Waals surface area contributed by atoms with E-state index in [0.717, 1.165) is 0 Å². The van der Waals surface area contributed by atoms with Crippen molar-refractivity contribution in [3.63, 3.8) is 0 Å². The van der Waals surface area contributed by atoms with Crippen LogP contribution in [0.2, 0.25) is 0 Å². The predicted molar refractivity (Wildman–Crippen MR) is 91.0 cm³/mol. The van der Waals surface area contributed by atoms with Gasteiger partial charge in [0.1, 0.15) is 12.1 Å². The number of Topliss-reactive ketones (excluding diaryl/α,β-unsaturated/α-hetero) is 1. The third kappa shape index (κ3) is 4.57. The summed E-state index contributed by atoms with van der Waals surface area (Å²) in [5.74, 6) is -1.35. The third-order valence-corrected chi connectivity index (χ3v) is 3.88. The zero-order valence-corrected chi connectivity index (χ0v) is 13.4. The Kier molecular flexibility index (Phi) is 6.13. The number of benzene rings is 1. The highest BCUT2D eigenvalue weighted by atomic mass is 19.1. The van der Waals surface area contributed by atoms with Gasteiger partial charge in [-0.3, -0.25) is 9.59 Å². The predicted octanol–water partition coefficient (Wildman–Crippen LogP) is 0.859. The molecular formula is C17H19FN4O3. The molecule has 0 aliphatic carbocycles. The molecule has 0 radical (unpaired) electrons. The molecule has 1 aromatic carbocycles. The number of halogens is 1. The van der Waals surface area contributed by atoms with Gasteiger partial charge in [0.05, 0.1) is 23.8 Å². The maximum atomic E-state index is 13.7. The number of amides is 1. The molecule has 5 N–H and O–H groups in total. The lowest BCUT2D eigenvalue weighted by Gasteiger charge is -2.16. The van der Waals surface area contributed by atoms with Gasteiger partial charge in [0.2, 0.25) is 5.91 Å². The van der Waals surface area contributed by atoms with E-state index >= 15 is 0 Å². The summed E-state index contributed by atoms with van der Waals surface area (Å²) >= 11 is 0. The molecule has 1 unspecified atom stereocenters. The van der Waals surface area contributed by atoms with Crippen molar-refractivity contribution in [3.05, 3.63) is 35.8 Å². The summed E-state index contributed by atoms with van der Waals surface area (Å²) in [6.45, 7) is 0. The lowest BCUT2D eigenvalue weighted by Crippen LogP contribution is -2.47. The number of rotatable bonds is 9. The van der Waals surface area contributed by atoms with Crippen molar-refractivity contribution in [2.75, 3.05) is 0 Å². The van der Waals surface area contributed by atoms with Crippen molar-refractivity contribution in [2.24, 2.45) is 5.73 Å². The summed E-state index contributed by atoms with van der Waals surface area (Å²) in [5, 5.41) is 9.93. The Morgan fingerprint density at radius 1 is 1.40 bits per heavy atom. The first-order valence-corrected chi connectivity index (χ1v) is 7.75. The second kappa shape index (κ2) is 8.29. The Hall–Kier alpha value is -2.87. The Bertz CT molecular complexity index is 802. The summed E-state index contributed by atoms with van der Waals surface area (Å²) in [6, 6.07) is 2.86. The summed E-state index contributed by atoms with van der Waals surface area (Å²) in [6.07, 6.45) is 3.06. The van der Waals surface area contributed by atoms with Gasteiger partial charge in [-0.05, 0) is 24.5 Å². The first kappa shape index (κ1) is 18.5. The fourth-order valence-corrected chi connectivity index (χ4v) is 2.51. The fourth-order valence-electron chi connectivity index (χ4n) is 2.51. The number of fused-ring (bicyclic) bond motifs is 1. The second-order valence-corrected chi connectivity index (χ2v) is 5.69. The van der Waals surface area contributed by atoms with Crippen LogP contribution in [0.15, 0.2) is 24.4 Å². The molecule has 0 aliphatic heterocycles. The summed E-state index contributed by atoms with van der Waals surface area (Å²) in [5.41, 5.74) is 6.93. The van der Waals surface area contributed by atoms with E-state index in [4.69, 9.17) is 11.1 Å². The number of hydrogen-bond donors (Lipinski definition) is 4. The van der Waals surface area contributed by atoms with Crippen molar-refractivity contribution in [2.45, 2.75) is 31.3 Å². The first-order valence-electron chi connectivity index (χ1n) is 7.75. The molecule has 0 aliphatic rings. The normalized spacial score (nSPS) is 13.2. The maximum absolute atomic E-state index is 13.7. The van der Waals surface area contributed by atoms with Crippen LogP contribution in [0.1, 0.15) is 18.4 Å². The van der Waals surface area contributed by atoms with E-state index < -0.39 is 29.6 Å². The molecule has 0 bridgehead atoms. The Labute approximate surface area is 143 Å². The van der Waals surface area contributed by atoms with Crippen molar-refractivity contribution in [3.8, 4) is 0 Å². The lowest BCUT2D eigenvalue weighted by molar-refractivity contribution is -0.125. The monoisotopic (exact) mass is 346 g/mol. The van der Waals surface area contributed by atoms with E-state index in [1.54, 1.807) is 18.3 Å². The zero-order chi connectivity index (χ0) is 18.4. The standard InChI is InChI=1S/C17H19FN4O3/c18-14-3-1-2-13-10(8-21-16(13)14)6-15(20)17(25)22-11(9-23)4-5-12(24)7-19/h1-3,7-9,11,15,19,21H,4-6,20H2,(H,22,25)/t11-,15?/m0/s1. The number of ketones is 1. The van der Waals surface area contributed by atoms with E-state index in [-0.39, 0.29) is 19.3 Å².